The van der Waals surface area contributed by atoms with Gasteiger partial charge in [0.05, 0.1) is 6.21 Å². The Balaban J connectivity index is 2.13. The molecule has 2 nitrogen and oxygen atoms in total. The standard InChI is InChI=1S/C16H19NOS2/c1-12-9-10-19-15(12)14-7-5-13(6-8-14)11-17-20(18)16(2,3)4/h5-11H,1-4H3/b17-11+. The molecule has 1 atom stereocenters. The van der Waals surface area contributed by atoms with Crippen molar-refractivity contribution < 1.29 is 4.55 Å². The van der Waals surface area contributed by atoms with E-state index in [-0.39, 0.29) is 4.75 Å². The highest BCUT2D eigenvalue weighted by atomic mass is 32.2. The molecule has 1 heterocycles. The van der Waals surface area contributed by atoms with Gasteiger partial charge in [-0.2, -0.15) is 0 Å². The molecule has 0 aliphatic heterocycles. The topological polar surface area (TPSA) is 35.4 Å². The van der Waals surface area contributed by atoms with Gasteiger partial charge in [-0.15, -0.1) is 11.3 Å². The van der Waals surface area contributed by atoms with Crippen molar-refractivity contribution in [2.45, 2.75) is 32.4 Å². The van der Waals surface area contributed by atoms with Gasteiger partial charge in [-0.05, 0) is 55.8 Å². The summed E-state index contributed by atoms with van der Waals surface area (Å²) in [5.74, 6) is 0. The van der Waals surface area contributed by atoms with Gasteiger partial charge in [0, 0.05) is 4.88 Å². The first-order valence-electron chi connectivity index (χ1n) is 6.48. The summed E-state index contributed by atoms with van der Waals surface area (Å²) in [6, 6.07) is 10.3. The molecule has 0 saturated heterocycles. The molecule has 4 heteroatoms. The van der Waals surface area contributed by atoms with Gasteiger partial charge in [0.2, 0.25) is 0 Å². The van der Waals surface area contributed by atoms with Gasteiger partial charge in [-0.1, -0.05) is 28.7 Å². The van der Waals surface area contributed by atoms with E-state index < -0.39 is 11.4 Å². The van der Waals surface area contributed by atoms with Crippen LogP contribution in [0.15, 0.2) is 40.1 Å². The molecule has 2 rings (SSSR count). The summed E-state index contributed by atoms with van der Waals surface area (Å²) < 4.78 is 15.7. The number of benzene rings is 1. The fourth-order valence-electron chi connectivity index (χ4n) is 1.66. The molecule has 106 valence electrons. The fourth-order valence-corrected chi connectivity index (χ4v) is 3.12. The summed E-state index contributed by atoms with van der Waals surface area (Å²) in [5, 5.41) is 2.10. The lowest BCUT2D eigenvalue weighted by atomic mass is 10.1. The molecule has 0 fully saturated rings. The van der Waals surface area contributed by atoms with Gasteiger partial charge in [-0.3, -0.25) is 0 Å². The Labute approximate surface area is 127 Å². The molecular formula is C16H19NOS2. The zero-order chi connectivity index (χ0) is 14.8. The highest BCUT2D eigenvalue weighted by Crippen LogP contribution is 2.28. The summed E-state index contributed by atoms with van der Waals surface area (Å²) in [4.78, 5) is 1.30. The van der Waals surface area contributed by atoms with Crippen molar-refractivity contribution in [1.82, 2.24) is 0 Å². The van der Waals surface area contributed by atoms with E-state index >= 15 is 0 Å². The first-order chi connectivity index (χ1) is 9.38. The van der Waals surface area contributed by atoms with E-state index in [1.165, 1.54) is 16.0 Å². The molecule has 20 heavy (non-hydrogen) atoms. The third-order valence-corrected chi connectivity index (χ3v) is 5.27. The van der Waals surface area contributed by atoms with Crippen LogP contribution in [-0.4, -0.2) is 15.5 Å². The Bertz CT molecular complexity index is 594. The molecule has 1 aromatic carbocycles. The summed E-state index contributed by atoms with van der Waals surface area (Å²) in [5.41, 5.74) is 3.48. The van der Waals surface area contributed by atoms with Crippen molar-refractivity contribution in [3.05, 3.63) is 46.8 Å². The SMILES string of the molecule is Cc1ccsc1-c1ccc(/C=N/[S+]([O-])C(C)(C)C)cc1. The Morgan fingerprint density at radius 3 is 2.30 bits per heavy atom. The van der Waals surface area contributed by atoms with E-state index in [2.05, 4.69) is 34.9 Å². The molecule has 0 spiro atoms. The van der Waals surface area contributed by atoms with Crippen molar-refractivity contribution in [3.8, 4) is 10.4 Å². The third-order valence-electron chi connectivity index (χ3n) is 2.86. The fraction of sp³-hybridized carbons (Fsp3) is 0.312. The quantitative estimate of drug-likeness (QED) is 0.602. The molecule has 1 unspecified atom stereocenters. The van der Waals surface area contributed by atoms with E-state index in [1.54, 1.807) is 17.6 Å². The molecule has 0 N–H and O–H groups in total. The maximum Gasteiger partial charge on any atom is 0.144 e. The number of hydrogen-bond acceptors (Lipinski definition) is 3. The molecule has 0 aliphatic rings. The zero-order valence-electron chi connectivity index (χ0n) is 12.2. The monoisotopic (exact) mass is 305 g/mol. The van der Waals surface area contributed by atoms with E-state index in [1.807, 2.05) is 32.9 Å². The molecule has 1 aromatic heterocycles. The average molecular weight is 305 g/mol. The summed E-state index contributed by atoms with van der Waals surface area (Å²) in [6.07, 6.45) is 1.69. The summed E-state index contributed by atoms with van der Waals surface area (Å²) in [7, 11) is 0. The zero-order valence-corrected chi connectivity index (χ0v) is 13.8. The largest absolute Gasteiger partial charge is 0.591 e. The van der Waals surface area contributed by atoms with Crippen LogP contribution in [-0.2, 0) is 11.4 Å². The first kappa shape index (κ1) is 15.3. The minimum atomic E-state index is -1.20. The van der Waals surface area contributed by atoms with E-state index in [4.69, 9.17) is 0 Å². The number of thiophene rings is 1. The van der Waals surface area contributed by atoms with Crippen LogP contribution in [0, 0.1) is 6.92 Å². The number of rotatable bonds is 3. The highest BCUT2D eigenvalue weighted by Gasteiger charge is 2.25. The predicted molar refractivity (Wildman–Crippen MR) is 90.0 cm³/mol. The molecule has 0 amide bonds. The van der Waals surface area contributed by atoms with E-state index in [9.17, 15) is 4.55 Å². The van der Waals surface area contributed by atoms with Gasteiger partial charge in [-0.25, -0.2) is 0 Å². The van der Waals surface area contributed by atoms with Crippen LogP contribution < -0.4 is 0 Å². The lowest BCUT2D eigenvalue weighted by Gasteiger charge is -2.17. The smallest absolute Gasteiger partial charge is 0.144 e. The predicted octanol–water partition coefficient (Wildman–Crippen LogP) is 4.60. The Hall–Kier alpha value is -1.10. The van der Waals surface area contributed by atoms with Gasteiger partial charge < -0.3 is 4.55 Å². The number of hydrogen-bond donors (Lipinski definition) is 0. The summed E-state index contributed by atoms with van der Waals surface area (Å²) in [6.45, 7) is 7.88. The molecule has 0 bridgehead atoms. The van der Waals surface area contributed by atoms with Crippen LogP contribution in [0.2, 0.25) is 0 Å². The van der Waals surface area contributed by atoms with Crippen LogP contribution in [0.1, 0.15) is 31.9 Å². The lowest BCUT2D eigenvalue weighted by molar-refractivity contribution is 0.562. The molecule has 0 aliphatic carbocycles. The normalized spacial score (nSPS) is 13.8. The number of aryl methyl sites for hydroxylation is 1. The molecule has 0 radical (unpaired) electrons. The third kappa shape index (κ3) is 3.72. The van der Waals surface area contributed by atoms with Crippen molar-refractivity contribution in [2.75, 3.05) is 0 Å². The maximum atomic E-state index is 11.9. The van der Waals surface area contributed by atoms with Crippen LogP contribution in [0.3, 0.4) is 0 Å². The molecule has 0 saturated carbocycles. The first-order valence-corrected chi connectivity index (χ1v) is 8.47. The van der Waals surface area contributed by atoms with Gasteiger partial charge in [0.15, 0.2) is 0 Å². The van der Waals surface area contributed by atoms with E-state index in [0.29, 0.717) is 0 Å². The highest BCUT2D eigenvalue weighted by molar-refractivity contribution is 7.91. The van der Waals surface area contributed by atoms with Crippen LogP contribution in [0.5, 0.6) is 0 Å². The second kappa shape index (κ2) is 6.12. The minimum Gasteiger partial charge on any atom is -0.591 e. The Kier molecular flexibility index (Phi) is 4.68. The van der Waals surface area contributed by atoms with Crippen LogP contribution >= 0.6 is 11.3 Å². The molecular weight excluding hydrogens is 286 g/mol. The second-order valence-corrected chi connectivity index (χ2v) is 8.50. The van der Waals surface area contributed by atoms with Gasteiger partial charge >= 0.3 is 0 Å². The Morgan fingerprint density at radius 2 is 1.80 bits per heavy atom. The van der Waals surface area contributed by atoms with Crippen molar-refractivity contribution >= 4 is 28.9 Å². The van der Waals surface area contributed by atoms with Gasteiger partial charge in [0.1, 0.15) is 16.1 Å². The van der Waals surface area contributed by atoms with Crippen molar-refractivity contribution in [1.29, 1.82) is 0 Å². The minimum absolute atomic E-state index is 0.315. The number of nitrogens with zero attached hydrogens (tertiary/aromatic N) is 1. The van der Waals surface area contributed by atoms with Crippen molar-refractivity contribution in [3.63, 3.8) is 0 Å². The van der Waals surface area contributed by atoms with Crippen molar-refractivity contribution in [2.24, 2.45) is 4.40 Å². The maximum absolute atomic E-state index is 11.9. The second-order valence-electron chi connectivity index (χ2n) is 5.65. The van der Waals surface area contributed by atoms with E-state index in [0.717, 1.165) is 5.56 Å². The van der Waals surface area contributed by atoms with Crippen LogP contribution in [0.4, 0.5) is 0 Å². The summed E-state index contributed by atoms with van der Waals surface area (Å²) >= 11 is 0.543. The van der Waals surface area contributed by atoms with Crippen LogP contribution in [0.25, 0.3) is 10.4 Å². The lowest BCUT2D eigenvalue weighted by Crippen LogP contribution is -2.25. The Morgan fingerprint density at radius 1 is 1.15 bits per heavy atom. The molecule has 2 aromatic rings. The average Bonchev–Trinajstić information content (AvgIpc) is 2.82. The van der Waals surface area contributed by atoms with Gasteiger partial charge in [0.25, 0.3) is 0 Å².